The minimum absolute atomic E-state index is 0.287. The maximum absolute atomic E-state index is 11.5. The van der Waals surface area contributed by atoms with Crippen LogP contribution in [-0.4, -0.2) is 22.3 Å². The zero-order chi connectivity index (χ0) is 9.97. The van der Waals surface area contributed by atoms with E-state index in [1.165, 1.54) is 4.88 Å². The quantitative estimate of drug-likeness (QED) is 0.861. The molecule has 2 heterocycles. The number of hydrogen-bond acceptors (Lipinski definition) is 3. The predicted molar refractivity (Wildman–Crippen MR) is 65.3 cm³/mol. The van der Waals surface area contributed by atoms with Gasteiger partial charge in [0.15, 0.2) is 0 Å². The van der Waals surface area contributed by atoms with E-state index < -0.39 is 10.8 Å². The molecular weight excluding hydrogens is 282 g/mol. The molecule has 0 aromatic carbocycles. The molecule has 1 saturated heterocycles. The van der Waals surface area contributed by atoms with Gasteiger partial charge < -0.3 is 5.32 Å². The highest BCUT2D eigenvalue weighted by atomic mass is 79.9. The molecule has 0 spiro atoms. The Labute approximate surface area is 98.7 Å². The van der Waals surface area contributed by atoms with Crippen LogP contribution in [0.25, 0.3) is 0 Å². The van der Waals surface area contributed by atoms with Gasteiger partial charge in [0.05, 0.1) is 6.04 Å². The van der Waals surface area contributed by atoms with Crippen molar-refractivity contribution in [2.24, 2.45) is 0 Å². The first-order chi connectivity index (χ1) is 6.75. The molecule has 0 amide bonds. The Morgan fingerprint density at radius 2 is 2.50 bits per heavy atom. The molecule has 1 aliphatic heterocycles. The van der Waals surface area contributed by atoms with Gasteiger partial charge in [-0.15, -0.1) is 11.3 Å². The minimum atomic E-state index is -0.650. The van der Waals surface area contributed by atoms with Gasteiger partial charge in [-0.1, -0.05) is 0 Å². The highest BCUT2D eigenvalue weighted by Crippen LogP contribution is 2.27. The van der Waals surface area contributed by atoms with Crippen molar-refractivity contribution in [1.29, 1.82) is 0 Å². The van der Waals surface area contributed by atoms with Crippen LogP contribution in [0.15, 0.2) is 15.9 Å². The van der Waals surface area contributed by atoms with Crippen LogP contribution in [0.2, 0.25) is 0 Å². The van der Waals surface area contributed by atoms with Gasteiger partial charge in [-0.05, 0) is 35.0 Å². The van der Waals surface area contributed by atoms with Crippen molar-refractivity contribution in [2.75, 3.05) is 18.1 Å². The van der Waals surface area contributed by atoms with Crippen molar-refractivity contribution in [3.05, 3.63) is 20.8 Å². The SMILES string of the molecule is O=S1CCCNC(c2cc(Br)cs2)C1. The van der Waals surface area contributed by atoms with E-state index in [0.717, 1.165) is 28.9 Å². The van der Waals surface area contributed by atoms with E-state index in [0.29, 0.717) is 0 Å². The maximum atomic E-state index is 11.5. The fourth-order valence-corrected chi connectivity index (χ4v) is 4.46. The monoisotopic (exact) mass is 293 g/mol. The lowest BCUT2D eigenvalue weighted by Crippen LogP contribution is -2.22. The Hall–Kier alpha value is 0.290. The lowest BCUT2D eigenvalue weighted by molar-refractivity contribution is 0.595. The minimum Gasteiger partial charge on any atom is -0.308 e. The molecule has 1 aliphatic rings. The number of thiophene rings is 1. The molecule has 2 nitrogen and oxygen atoms in total. The zero-order valence-electron chi connectivity index (χ0n) is 7.66. The molecule has 14 heavy (non-hydrogen) atoms. The Balaban J connectivity index is 2.12. The first-order valence-electron chi connectivity index (χ1n) is 4.58. The Kier molecular flexibility index (Phi) is 3.76. The predicted octanol–water partition coefficient (Wildman–Crippen LogP) is 2.29. The average molecular weight is 294 g/mol. The van der Waals surface area contributed by atoms with Gasteiger partial charge in [0, 0.05) is 37.0 Å². The van der Waals surface area contributed by atoms with E-state index in [4.69, 9.17) is 0 Å². The van der Waals surface area contributed by atoms with Gasteiger partial charge >= 0.3 is 0 Å². The van der Waals surface area contributed by atoms with Gasteiger partial charge in [-0.25, -0.2) is 0 Å². The topological polar surface area (TPSA) is 29.1 Å². The molecule has 78 valence electrons. The van der Waals surface area contributed by atoms with Crippen LogP contribution in [0.1, 0.15) is 17.3 Å². The molecule has 0 aliphatic carbocycles. The standard InChI is InChI=1S/C9H12BrNOS2/c10-7-4-9(13-5-7)8-6-14(12)3-1-2-11-8/h4-5,8,11H,1-3,6H2. The molecule has 1 aromatic rings. The summed E-state index contributed by atoms with van der Waals surface area (Å²) in [7, 11) is -0.650. The third kappa shape index (κ3) is 2.66. The van der Waals surface area contributed by atoms with Crippen LogP contribution < -0.4 is 5.32 Å². The lowest BCUT2D eigenvalue weighted by Gasteiger charge is -2.12. The summed E-state index contributed by atoms with van der Waals surface area (Å²) >= 11 is 5.16. The number of nitrogens with one attached hydrogen (secondary N) is 1. The van der Waals surface area contributed by atoms with Crippen molar-refractivity contribution >= 4 is 38.1 Å². The van der Waals surface area contributed by atoms with Crippen LogP contribution in [-0.2, 0) is 10.8 Å². The highest BCUT2D eigenvalue weighted by Gasteiger charge is 2.18. The second-order valence-electron chi connectivity index (χ2n) is 3.34. The van der Waals surface area contributed by atoms with E-state index in [-0.39, 0.29) is 6.04 Å². The van der Waals surface area contributed by atoms with Crippen molar-refractivity contribution in [3.8, 4) is 0 Å². The molecule has 5 heteroatoms. The number of halogens is 1. The molecule has 0 saturated carbocycles. The Morgan fingerprint density at radius 3 is 3.21 bits per heavy atom. The van der Waals surface area contributed by atoms with E-state index in [2.05, 4.69) is 32.7 Å². The average Bonchev–Trinajstić information content (AvgIpc) is 2.45. The fraction of sp³-hybridized carbons (Fsp3) is 0.556. The van der Waals surface area contributed by atoms with Gasteiger partial charge in [-0.3, -0.25) is 4.21 Å². The fourth-order valence-electron chi connectivity index (χ4n) is 1.53. The smallest absolute Gasteiger partial charge is 0.0532 e. The molecule has 0 bridgehead atoms. The van der Waals surface area contributed by atoms with Gasteiger partial charge in [0.1, 0.15) is 0 Å². The van der Waals surface area contributed by atoms with Crippen LogP contribution in [0, 0.1) is 0 Å². The van der Waals surface area contributed by atoms with E-state index in [1.54, 1.807) is 11.3 Å². The van der Waals surface area contributed by atoms with Gasteiger partial charge in [0.2, 0.25) is 0 Å². The first-order valence-corrected chi connectivity index (χ1v) is 7.74. The van der Waals surface area contributed by atoms with Gasteiger partial charge in [-0.2, -0.15) is 0 Å². The molecule has 0 radical (unpaired) electrons. The molecule has 1 fully saturated rings. The van der Waals surface area contributed by atoms with Crippen molar-refractivity contribution < 1.29 is 4.21 Å². The number of hydrogen-bond donors (Lipinski definition) is 1. The Morgan fingerprint density at radius 1 is 1.64 bits per heavy atom. The lowest BCUT2D eigenvalue weighted by atomic mass is 10.2. The second-order valence-corrected chi connectivity index (χ2v) is 6.82. The van der Waals surface area contributed by atoms with Crippen LogP contribution in [0.3, 0.4) is 0 Å². The molecule has 1 N–H and O–H groups in total. The number of rotatable bonds is 1. The highest BCUT2D eigenvalue weighted by molar-refractivity contribution is 9.10. The summed E-state index contributed by atoms with van der Waals surface area (Å²) in [5.74, 6) is 1.60. The van der Waals surface area contributed by atoms with Crippen molar-refractivity contribution in [1.82, 2.24) is 5.32 Å². The summed E-state index contributed by atoms with van der Waals surface area (Å²) < 4.78 is 12.7. The third-order valence-corrected chi connectivity index (χ3v) is 5.48. The zero-order valence-corrected chi connectivity index (χ0v) is 10.9. The summed E-state index contributed by atoms with van der Waals surface area (Å²) in [5.41, 5.74) is 0. The summed E-state index contributed by atoms with van der Waals surface area (Å²) in [4.78, 5) is 1.28. The van der Waals surface area contributed by atoms with Gasteiger partial charge in [0.25, 0.3) is 0 Å². The van der Waals surface area contributed by atoms with E-state index >= 15 is 0 Å². The molecule has 1 aromatic heterocycles. The van der Waals surface area contributed by atoms with Crippen molar-refractivity contribution in [3.63, 3.8) is 0 Å². The first kappa shape index (κ1) is 10.8. The normalized spacial score (nSPS) is 28.6. The van der Waals surface area contributed by atoms with Crippen LogP contribution in [0.5, 0.6) is 0 Å². The molecular formula is C9H12BrNOS2. The molecule has 2 unspecified atom stereocenters. The summed E-state index contributed by atoms with van der Waals surface area (Å²) in [5, 5.41) is 5.51. The summed E-state index contributed by atoms with van der Waals surface area (Å²) in [6.07, 6.45) is 1.02. The van der Waals surface area contributed by atoms with E-state index in [1.807, 2.05) is 0 Å². The third-order valence-electron chi connectivity index (χ3n) is 2.22. The maximum Gasteiger partial charge on any atom is 0.0532 e. The van der Waals surface area contributed by atoms with Crippen LogP contribution in [0.4, 0.5) is 0 Å². The summed E-state index contributed by atoms with van der Waals surface area (Å²) in [6, 6.07) is 2.40. The van der Waals surface area contributed by atoms with Crippen LogP contribution >= 0.6 is 27.3 Å². The molecule has 2 rings (SSSR count). The van der Waals surface area contributed by atoms with Crippen molar-refractivity contribution in [2.45, 2.75) is 12.5 Å². The largest absolute Gasteiger partial charge is 0.308 e. The summed E-state index contributed by atoms with van der Waals surface area (Å²) in [6.45, 7) is 0.978. The second kappa shape index (κ2) is 4.88. The Bertz CT molecular complexity index is 339. The molecule has 2 atom stereocenters. The van der Waals surface area contributed by atoms with E-state index in [9.17, 15) is 4.21 Å².